The molecule has 1 N–H and O–H groups in total. The maximum atomic E-state index is 12.8. The highest BCUT2D eigenvalue weighted by molar-refractivity contribution is 6.03. The molecule has 7 nitrogen and oxygen atoms in total. The van der Waals surface area contributed by atoms with Crippen LogP contribution in [0.25, 0.3) is 0 Å². The van der Waals surface area contributed by atoms with Gasteiger partial charge in [0.1, 0.15) is 0 Å². The molecule has 0 saturated carbocycles. The number of benzene rings is 2. The number of hydrogen-bond donors (Lipinski definition) is 1. The molecule has 0 saturated heterocycles. The second-order valence-electron chi connectivity index (χ2n) is 7.41. The van der Waals surface area contributed by atoms with Gasteiger partial charge < -0.3 is 5.32 Å². The van der Waals surface area contributed by atoms with E-state index in [2.05, 4.69) is 20.7 Å². The van der Waals surface area contributed by atoms with Crippen molar-refractivity contribution in [1.82, 2.24) is 24.8 Å². The molecule has 0 unspecified atom stereocenters. The Labute approximate surface area is 175 Å². The molecule has 30 heavy (non-hydrogen) atoms. The van der Waals surface area contributed by atoms with Crippen LogP contribution >= 0.6 is 0 Å². The van der Waals surface area contributed by atoms with Crippen LogP contribution in [0.15, 0.2) is 60.7 Å². The minimum absolute atomic E-state index is 0.268. The lowest BCUT2D eigenvalue weighted by atomic mass is 10.2. The van der Waals surface area contributed by atoms with E-state index in [-0.39, 0.29) is 5.91 Å². The van der Waals surface area contributed by atoms with Crippen LogP contribution in [0.4, 0.5) is 5.69 Å². The van der Waals surface area contributed by atoms with Gasteiger partial charge in [-0.3, -0.25) is 9.48 Å². The minimum atomic E-state index is -0.268. The molecule has 7 heteroatoms. The van der Waals surface area contributed by atoms with Crippen LogP contribution in [0.5, 0.6) is 0 Å². The molecule has 0 spiro atoms. The van der Waals surface area contributed by atoms with Crippen molar-refractivity contribution in [2.45, 2.75) is 33.9 Å². The second kappa shape index (κ2) is 8.32. The summed E-state index contributed by atoms with van der Waals surface area (Å²) in [5.74, 6) is -0.268. The lowest BCUT2D eigenvalue weighted by molar-refractivity contribution is 0.102. The normalized spacial score (nSPS) is 10.9. The van der Waals surface area contributed by atoms with Crippen LogP contribution in [0.1, 0.15) is 38.7 Å². The highest BCUT2D eigenvalue weighted by atomic mass is 16.2. The number of amides is 1. The van der Waals surface area contributed by atoms with Crippen molar-refractivity contribution in [2.75, 3.05) is 5.32 Å². The number of aryl methyl sites for hydroxylation is 2. The molecule has 0 bridgehead atoms. The molecule has 0 fully saturated rings. The zero-order valence-electron chi connectivity index (χ0n) is 17.3. The van der Waals surface area contributed by atoms with Crippen LogP contribution in [-0.4, -0.2) is 30.7 Å². The van der Waals surface area contributed by atoms with E-state index < -0.39 is 0 Å². The van der Waals surface area contributed by atoms with Crippen molar-refractivity contribution in [3.05, 3.63) is 94.6 Å². The van der Waals surface area contributed by atoms with Gasteiger partial charge in [-0.25, -0.2) is 4.68 Å². The number of aromatic nitrogens is 5. The fourth-order valence-electron chi connectivity index (χ4n) is 3.42. The van der Waals surface area contributed by atoms with E-state index in [9.17, 15) is 4.79 Å². The number of carbonyl (C=O) groups is 1. The van der Waals surface area contributed by atoms with Crippen molar-refractivity contribution in [3.8, 4) is 0 Å². The van der Waals surface area contributed by atoms with Crippen molar-refractivity contribution in [1.29, 1.82) is 0 Å². The van der Waals surface area contributed by atoms with Crippen molar-refractivity contribution < 1.29 is 4.79 Å². The maximum Gasteiger partial charge on any atom is 0.278 e. The molecular weight excluding hydrogens is 376 g/mol. The number of carbonyl (C=O) groups excluding carboxylic acids is 1. The second-order valence-corrected chi connectivity index (χ2v) is 7.41. The first-order chi connectivity index (χ1) is 14.5. The molecule has 2 aromatic heterocycles. The fraction of sp³-hybridized carbons (Fsp3) is 0.217. The Morgan fingerprint density at radius 2 is 1.63 bits per heavy atom. The Bertz CT molecular complexity index is 1180. The van der Waals surface area contributed by atoms with Gasteiger partial charge in [0.2, 0.25) is 0 Å². The maximum absolute atomic E-state index is 12.8. The van der Waals surface area contributed by atoms with Gasteiger partial charge in [0.15, 0.2) is 5.69 Å². The summed E-state index contributed by atoms with van der Waals surface area (Å²) in [6.45, 7) is 7.10. The van der Waals surface area contributed by atoms with Gasteiger partial charge in [-0.05, 0) is 50.1 Å². The monoisotopic (exact) mass is 400 g/mol. The summed E-state index contributed by atoms with van der Waals surface area (Å²) in [6.07, 6.45) is 0. The summed E-state index contributed by atoms with van der Waals surface area (Å²) in [4.78, 5) is 12.8. The van der Waals surface area contributed by atoms with E-state index in [4.69, 9.17) is 0 Å². The van der Waals surface area contributed by atoms with E-state index in [1.807, 2.05) is 86.1 Å². The zero-order chi connectivity index (χ0) is 21.1. The predicted octanol–water partition coefficient (Wildman–Crippen LogP) is 3.75. The summed E-state index contributed by atoms with van der Waals surface area (Å²) in [7, 11) is 0. The topological polar surface area (TPSA) is 77.6 Å². The van der Waals surface area contributed by atoms with Crippen molar-refractivity contribution >= 4 is 11.6 Å². The van der Waals surface area contributed by atoms with Gasteiger partial charge in [0, 0.05) is 11.4 Å². The van der Waals surface area contributed by atoms with E-state index in [1.165, 1.54) is 0 Å². The third-order valence-corrected chi connectivity index (χ3v) is 4.99. The van der Waals surface area contributed by atoms with Crippen LogP contribution in [0.2, 0.25) is 0 Å². The Morgan fingerprint density at radius 3 is 2.37 bits per heavy atom. The van der Waals surface area contributed by atoms with Crippen LogP contribution in [-0.2, 0) is 13.1 Å². The first-order valence-electron chi connectivity index (χ1n) is 9.85. The fourth-order valence-corrected chi connectivity index (χ4v) is 3.42. The molecule has 0 radical (unpaired) electrons. The van der Waals surface area contributed by atoms with Crippen LogP contribution < -0.4 is 5.32 Å². The number of nitrogens with one attached hydrogen (secondary N) is 1. The third kappa shape index (κ3) is 4.30. The quantitative estimate of drug-likeness (QED) is 0.535. The number of anilines is 1. The molecule has 1 amide bonds. The van der Waals surface area contributed by atoms with Crippen LogP contribution in [0, 0.1) is 20.8 Å². The molecule has 2 heterocycles. The van der Waals surface area contributed by atoms with E-state index >= 15 is 0 Å². The van der Waals surface area contributed by atoms with Gasteiger partial charge in [-0.2, -0.15) is 5.10 Å². The summed E-state index contributed by atoms with van der Waals surface area (Å²) >= 11 is 0. The van der Waals surface area contributed by atoms with Crippen LogP contribution in [0.3, 0.4) is 0 Å². The summed E-state index contributed by atoms with van der Waals surface area (Å²) < 4.78 is 3.69. The highest BCUT2D eigenvalue weighted by Gasteiger charge is 2.17. The average Bonchev–Trinajstić information content (AvgIpc) is 3.24. The molecule has 2 aromatic carbocycles. The van der Waals surface area contributed by atoms with Gasteiger partial charge in [-0.15, -0.1) is 5.10 Å². The van der Waals surface area contributed by atoms with E-state index in [1.54, 1.807) is 4.68 Å². The molecule has 0 atom stereocenters. The smallest absolute Gasteiger partial charge is 0.278 e. The molecule has 0 aliphatic heterocycles. The first-order valence-corrected chi connectivity index (χ1v) is 9.85. The SMILES string of the molecule is Cc1cc(C)n(Cc2cccc(NC(=O)c3nnn(Cc4ccccc4)c3C)c2)n1. The molecule has 152 valence electrons. The average molecular weight is 400 g/mol. The van der Waals surface area contributed by atoms with Crippen molar-refractivity contribution in [3.63, 3.8) is 0 Å². The number of nitrogens with zero attached hydrogens (tertiary/aromatic N) is 5. The molecule has 0 aliphatic carbocycles. The summed E-state index contributed by atoms with van der Waals surface area (Å²) in [5.41, 5.74) is 6.04. The first kappa shape index (κ1) is 19.6. The van der Waals surface area contributed by atoms with E-state index in [0.717, 1.165) is 33.9 Å². The molecule has 0 aliphatic rings. The van der Waals surface area contributed by atoms with Gasteiger partial charge in [-0.1, -0.05) is 47.7 Å². The Morgan fingerprint density at radius 1 is 0.900 bits per heavy atom. The third-order valence-electron chi connectivity index (χ3n) is 4.99. The van der Waals surface area contributed by atoms with E-state index in [0.29, 0.717) is 18.8 Å². The number of rotatable bonds is 6. The standard InChI is InChI=1S/C23H24N6O/c1-16-12-17(2)28(26-16)15-20-10-7-11-21(13-20)24-23(30)22-18(3)29(27-25-22)14-19-8-5-4-6-9-19/h4-13H,14-15H2,1-3H3,(H,24,30). The summed E-state index contributed by atoms with van der Waals surface area (Å²) in [6, 6.07) is 19.8. The Balaban J connectivity index is 1.47. The van der Waals surface area contributed by atoms with Gasteiger partial charge in [0.25, 0.3) is 5.91 Å². The molecule has 4 rings (SSSR count). The largest absolute Gasteiger partial charge is 0.321 e. The molecular formula is C23H24N6O. The van der Waals surface area contributed by atoms with Gasteiger partial charge >= 0.3 is 0 Å². The lowest BCUT2D eigenvalue weighted by Gasteiger charge is -2.08. The minimum Gasteiger partial charge on any atom is -0.321 e. The lowest BCUT2D eigenvalue weighted by Crippen LogP contribution is -2.15. The zero-order valence-corrected chi connectivity index (χ0v) is 17.3. The Kier molecular flexibility index (Phi) is 5.43. The predicted molar refractivity (Wildman–Crippen MR) is 116 cm³/mol. The highest BCUT2D eigenvalue weighted by Crippen LogP contribution is 2.15. The molecule has 4 aromatic rings. The summed E-state index contributed by atoms with van der Waals surface area (Å²) in [5, 5.41) is 15.7. The Hall–Kier alpha value is -3.74. The van der Waals surface area contributed by atoms with Gasteiger partial charge in [0.05, 0.1) is 24.5 Å². The van der Waals surface area contributed by atoms with Crippen molar-refractivity contribution in [2.24, 2.45) is 0 Å². The number of hydrogen-bond acceptors (Lipinski definition) is 4.